The van der Waals surface area contributed by atoms with Crippen molar-refractivity contribution in [2.75, 3.05) is 0 Å². The fourth-order valence-corrected chi connectivity index (χ4v) is 3.34. The highest BCUT2D eigenvalue weighted by molar-refractivity contribution is 14.1. The van der Waals surface area contributed by atoms with E-state index in [1.165, 1.54) is 0 Å². The van der Waals surface area contributed by atoms with Crippen LogP contribution >= 0.6 is 45.2 Å². The normalized spacial score (nSPS) is 12.8. The minimum atomic E-state index is -0.0480. The molecule has 0 heterocycles. The lowest BCUT2D eigenvalue weighted by Crippen LogP contribution is -2.11. The zero-order valence-electron chi connectivity index (χ0n) is 8.63. The van der Waals surface area contributed by atoms with E-state index in [0.717, 1.165) is 32.0 Å². The maximum atomic E-state index is 9.90. The molecule has 1 rings (SSSR count). The van der Waals surface area contributed by atoms with E-state index in [1.807, 2.05) is 12.1 Å². The molecule has 0 saturated carbocycles. The van der Waals surface area contributed by atoms with Gasteiger partial charge in [0, 0.05) is 15.2 Å². The van der Waals surface area contributed by atoms with E-state index in [9.17, 15) is 5.11 Å². The fourth-order valence-electron chi connectivity index (χ4n) is 1.45. The number of phenolic OH excluding ortho intramolecular Hbond substituents is 1. The molecule has 2 nitrogen and oxygen atoms in total. The third-order valence-corrected chi connectivity index (χ3v) is 3.77. The third kappa shape index (κ3) is 3.74. The van der Waals surface area contributed by atoms with Crippen LogP contribution in [0.25, 0.3) is 0 Å². The Morgan fingerprint density at radius 2 is 2.07 bits per heavy atom. The lowest BCUT2D eigenvalue weighted by molar-refractivity contribution is 0.452. The molecule has 0 bridgehead atoms. The molecular weight excluding hydrogens is 416 g/mol. The van der Waals surface area contributed by atoms with Crippen LogP contribution in [0.4, 0.5) is 0 Å². The van der Waals surface area contributed by atoms with Crippen molar-refractivity contribution in [2.24, 2.45) is 5.73 Å². The van der Waals surface area contributed by atoms with Crippen LogP contribution in [0.5, 0.6) is 5.75 Å². The molecule has 0 aromatic heterocycles. The number of hydrogen-bond donors (Lipinski definition) is 2. The average molecular weight is 431 g/mol. The largest absolute Gasteiger partial charge is 0.506 e. The van der Waals surface area contributed by atoms with E-state index >= 15 is 0 Å². The van der Waals surface area contributed by atoms with Gasteiger partial charge in [-0.2, -0.15) is 0 Å². The molecule has 0 aliphatic carbocycles. The van der Waals surface area contributed by atoms with Gasteiger partial charge in [-0.25, -0.2) is 0 Å². The van der Waals surface area contributed by atoms with Gasteiger partial charge in [0.25, 0.3) is 0 Å². The summed E-state index contributed by atoms with van der Waals surface area (Å²) in [5.74, 6) is 0.347. The van der Waals surface area contributed by atoms with E-state index in [1.54, 1.807) is 0 Å². The summed E-state index contributed by atoms with van der Waals surface area (Å²) in [7, 11) is 0. The summed E-state index contributed by atoms with van der Waals surface area (Å²) in [4.78, 5) is 0. The smallest absolute Gasteiger partial charge is 0.133 e. The van der Waals surface area contributed by atoms with Crippen LogP contribution < -0.4 is 5.73 Å². The molecule has 1 aromatic rings. The molecule has 84 valence electrons. The molecule has 15 heavy (non-hydrogen) atoms. The highest BCUT2D eigenvalue weighted by atomic mass is 127. The summed E-state index contributed by atoms with van der Waals surface area (Å²) in [5.41, 5.74) is 6.93. The second-order valence-corrected chi connectivity index (χ2v) is 5.98. The van der Waals surface area contributed by atoms with Crippen LogP contribution in [0.15, 0.2) is 12.1 Å². The Hall–Kier alpha value is 0.440. The molecule has 0 radical (unpaired) electrons. The highest BCUT2D eigenvalue weighted by Gasteiger charge is 2.13. The van der Waals surface area contributed by atoms with Crippen molar-refractivity contribution in [3.63, 3.8) is 0 Å². The Balaban J connectivity index is 2.92. The zero-order valence-corrected chi connectivity index (χ0v) is 12.9. The summed E-state index contributed by atoms with van der Waals surface area (Å²) >= 11 is 4.38. The molecule has 1 atom stereocenters. The number of benzene rings is 1. The van der Waals surface area contributed by atoms with Crippen LogP contribution in [0.1, 0.15) is 37.8 Å². The number of phenols is 1. The minimum absolute atomic E-state index is 0.0480. The Morgan fingerprint density at radius 3 is 2.67 bits per heavy atom. The van der Waals surface area contributed by atoms with Crippen molar-refractivity contribution in [3.05, 3.63) is 24.8 Å². The first kappa shape index (κ1) is 13.5. The molecule has 1 aromatic carbocycles. The molecule has 0 unspecified atom stereocenters. The topological polar surface area (TPSA) is 46.2 Å². The SMILES string of the molecule is CCCC[C@@H](N)c1cc(I)cc(I)c1O. The maximum Gasteiger partial charge on any atom is 0.133 e. The summed E-state index contributed by atoms with van der Waals surface area (Å²) in [6.45, 7) is 2.14. The van der Waals surface area contributed by atoms with E-state index in [4.69, 9.17) is 5.73 Å². The molecule has 0 saturated heterocycles. The monoisotopic (exact) mass is 431 g/mol. The van der Waals surface area contributed by atoms with Gasteiger partial charge in [0.15, 0.2) is 0 Å². The number of halogens is 2. The van der Waals surface area contributed by atoms with Gasteiger partial charge in [0.1, 0.15) is 5.75 Å². The van der Waals surface area contributed by atoms with Crippen molar-refractivity contribution < 1.29 is 5.11 Å². The Kier molecular flexibility index (Phi) is 5.62. The first-order chi connectivity index (χ1) is 7.06. The Morgan fingerprint density at radius 1 is 1.40 bits per heavy atom. The molecule has 0 fully saturated rings. The first-order valence-electron chi connectivity index (χ1n) is 4.99. The molecule has 0 aliphatic heterocycles. The zero-order chi connectivity index (χ0) is 11.4. The summed E-state index contributed by atoms with van der Waals surface area (Å²) in [6.07, 6.45) is 3.17. The van der Waals surface area contributed by atoms with Crippen molar-refractivity contribution in [1.29, 1.82) is 0 Å². The van der Waals surface area contributed by atoms with Crippen LogP contribution in [0.3, 0.4) is 0 Å². The van der Waals surface area contributed by atoms with Gasteiger partial charge >= 0.3 is 0 Å². The molecular formula is C11H15I2NO. The van der Waals surface area contributed by atoms with E-state index in [-0.39, 0.29) is 6.04 Å². The molecule has 0 amide bonds. The third-order valence-electron chi connectivity index (χ3n) is 2.33. The van der Waals surface area contributed by atoms with Gasteiger partial charge < -0.3 is 10.8 Å². The fraction of sp³-hybridized carbons (Fsp3) is 0.455. The van der Waals surface area contributed by atoms with E-state index in [2.05, 4.69) is 52.1 Å². The number of nitrogens with two attached hydrogens (primary N) is 1. The quantitative estimate of drug-likeness (QED) is 0.714. The summed E-state index contributed by atoms with van der Waals surface area (Å²) in [5, 5.41) is 9.90. The summed E-state index contributed by atoms with van der Waals surface area (Å²) in [6, 6.07) is 3.87. The van der Waals surface area contributed by atoms with Crippen LogP contribution in [0, 0.1) is 7.14 Å². The molecule has 3 N–H and O–H groups in total. The highest BCUT2D eigenvalue weighted by Crippen LogP contribution is 2.32. The predicted molar refractivity (Wildman–Crippen MR) is 80.0 cm³/mol. The molecule has 0 spiro atoms. The van der Waals surface area contributed by atoms with Gasteiger partial charge in [-0.1, -0.05) is 19.8 Å². The molecule has 0 aliphatic rings. The number of aromatic hydroxyl groups is 1. The predicted octanol–water partition coefficient (Wildman–Crippen LogP) is 3.79. The second kappa shape index (κ2) is 6.24. The standard InChI is InChI=1S/C11H15I2NO/c1-2-3-4-10(14)8-5-7(12)6-9(13)11(8)15/h5-6,10,15H,2-4,14H2,1H3/t10-/m1/s1. The summed E-state index contributed by atoms with van der Waals surface area (Å²) < 4.78 is 2.00. The van der Waals surface area contributed by atoms with Gasteiger partial charge in [0.05, 0.1) is 3.57 Å². The average Bonchev–Trinajstić information content (AvgIpc) is 2.19. The lowest BCUT2D eigenvalue weighted by Gasteiger charge is -2.14. The van der Waals surface area contributed by atoms with Crippen molar-refractivity contribution in [2.45, 2.75) is 32.2 Å². The van der Waals surface area contributed by atoms with E-state index in [0.29, 0.717) is 5.75 Å². The van der Waals surface area contributed by atoms with Crippen LogP contribution in [-0.4, -0.2) is 5.11 Å². The van der Waals surface area contributed by atoms with Crippen molar-refractivity contribution >= 4 is 45.2 Å². The minimum Gasteiger partial charge on any atom is -0.506 e. The van der Waals surface area contributed by atoms with Gasteiger partial charge in [-0.05, 0) is 63.7 Å². The Labute approximate surface area is 118 Å². The van der Waals surface area contributed by atoms with Gasteiger partial charge in [-0.3, -0.25) is 0 Å². The number of hydrogen-bond acceptors (Lipinski definition) is 2. The van der Waals surface area contributed by atoms with Crippen LogP contribution in [-0.2, 0) is 0 Å². The number of rotatable bonds is 4. The Bertz CT molecular complexity index is 342. The second-order valence-electron chi connectivity index (χ2n) is 3.57. The van der Waals surface area contributed by atoms with Gasteiger partial charge in [-0.15, -0.1) is 0 Å². The van der Waals surface area contributed by atoms with E-state index < -0.39 is 0 Å². The van der Waals surface area contributed by atoms with Crippen molar-refractivity contribution in [3.8, 4) is 5.75 Å². The van der Waals surface area contributed by atoms with Crippen molar-refractivity contribution in [1.82, 2.24) is 0 Å². The van der Waals surface area contributed by atoms with Gasteiger partial charge in [0.2, 0.25) is 0 Å². The first-order valence-corrected chi connectivity index (χ1v) is 7.15. The maximum absolute atomic E-state index is 9.90. The number of unbranched alkanes of at least 4 members (excludes halogenated alkanes) is 1. The molecule has 4 heteroatoms. The lowest BCUT2D eigenvalue weighted by atomic mass is 10.0. The van der Waals surface area contributed by atoms with Crippen LogP contribution in [0.2, 0.25) is 0 Å².